The average molecular weight is 1190 g/mol. The number of carbonyl (C=O) groups is 4. The number of halogens is 2. The van der Waals surface area contributed by atoms with Crippen molar-refractivity contribution < 1.29 is 73.9 Å². The van der Waals surface area contributed by atoms with Crippen LogP contribution >= 0.6 is 19.2 Å². The van der Waals surface area contributed by atoms with Gasteiger partial charge in [-0.2, -0.15) is 0 Å². The number of urea groups is 2. The fraction of sp³-hybridized carbons (Fsp3) is 0.414. The second-order valence-electron chi connectivity index (χ2n) is 22.4. The van der Waals surface area contributed by atoms with E-state index in [-0.39, 0.29) is 75.8 Å². The van der Waals surface area contributed by atoms with E-state index in [1.165, 1.54) is 57.7 Å². The first-order valence-corrected chi connectivity index (χ1v) is 30.0. The number of hydrogen-bond acceptors (Lipinski definition) is 15. The van der Waals surface area contributed by atoms with Gasteiger partial charge in [-0.3, -0.25) is 9.36 Å². The molecule has 5 fully saturated rings. The summed E-state index contributed by atoms with van der Waals surface area (Å²) in [5.74, 6) is -3.63. The van der Waals surface area contributed by atoms with Crippen LogP contribution in [0.15, 0.2) is 114 Å². The lowest BCUT2D eigenvalue weighted by Gasteiger charge is -2.64. The first kappa shape index (κ1) is 60.1. The Labute approximate surface area is 482 Å². The minimum atomic E-state index is -4.73. The molecule has 6 atom stereocenters. The zero-order chi connectivity index (χ0) is 59.1. The molecular formula is C58H66BClFN4O15PS. The van der Waals surface area contributed by atoms with Crippen molar-refractivity contribution in [3.05, 3.63) is 148 Å². The third-order valence-electron chi connectivity index (χ3n) is 15.9. The topological polar surface area (TPSA) is 224 Å². The van der Waals surface area contributed by atoms with E-state index in [1.54, 1.807) is 45.0 Å². The van der Waals surface area contributed by atoms with E-state index >= 15 is 9.18 Å². The number of nitrogens with one attached hydrogen (secondary N) is 2. The molecule has 5 amide bonds. The molecule has 19 nitrogen and oxygen atoms in total. The van der Waals surface area contributed by atoms with Gasteiger partial charge < -0.3 is 47.9 Å². The summed E-state index contributed by atoms with van der Waals surface area (Å²) in [5.41, 5.74) is -0.559. The van der Waals surface area contributed by atoms with Crippen molar-refractivity contribution in [2.24, 2.45) is 17.3 Å². The number of hydrogen-bond donors (Lipinski definition) is 2. The predicted molar refractivity (Wildman–Crippen MR) is 302 cm³/mol. The van der Waals surface area contributed by atoms with Crippen LogP contribution in [-0.4, -0.2) is 106 Å². The standard InChI is InChI=1S/C58H66BClFN4O15PS/c1-56(2,3)78-53(67)47-41(61)25-22-38(50(47)74-8)30-46(59-79-45-32-39-31-44(57(39,4)5)58(45,6)80-59)62-52(66)49(63-54(68)64-28-29-65(55(64)69)82(71,72)43-27-26-42(73-7)51(75-9)48(43)60)37-20-23-40(24-21-37)81(70,76-33-35-16-12-10-13-17-35)77-34-36-18-14-11-15-19-36/h10-27,39,44-46,49H,28-34H2,1-9H3,(H,62,66)(H,63,68)/t39-,44-,45+,46-,49?,58-/m0/s1. The van der Waals surface area contributed by atoms with Gasteiger partial charge in [0.25, 0.3) is 10.0 Å². The summed E-state index contributed by atoms with van der Waals surface area (Å²) in [6.07, 6.45) is 1.00. The number of esters is 1. The van der Waals surface area contributed by atoms with Crippen LogP contribution in [0.1, 0.15) is 93.0 Å². The van der Waals surface area contributed by atoms with Gasteiger partial charge in [-0.15, -0.1) is 0 Å². The predicted octanol–water partition coefficient (Wildman–Crippen LogP) is 9.58. The number of rotatable bonds is 20. The van der Waals surface area contributed by atoms with E-state index in [0.29, 0.717) is 21.5 Å². The maximum absolute atomic E-state index is 15.8. The van der Waals surface area contributed by atoms with Crippen LogP contribution in [0.4, 0.5) is 14.0 Å². The molecule has 10 rings (SSSR count). The smallest absolute Gasteiger partial charge is 0.482 e. The molecule has 0 spiro atoms. The Morgan fingerprint density at radius 2 is 1.45 bits per heavy atom. The molecule has 1 unspecified atom stereocenters. The van der Waals surface area contributed by atoms with Crippen LogP contribution in [0.5, 0.6) is 17.2 Å². The molecule has 3 saturated carbocycles. The molecule has 0 radical (unpaired) electrons. The van der Waals surface area contributed by atoms with Crippen molar-refractivity contribution in [2.75, 3.05) is 34.4 Å². The SMILES string of the molecule is COc1ccc(S(=O)(=O)N2CCN(C(=O)NC(C(=O)N[C@@H](Cc3ccc(F)c(C(=O)OC(C)(C)C)c3OC)B3O[C@@H]4C[C@@H]5C[C@@H](C5(C)C)[C@]4(C)O3)c3ccc(P(=O)(OCc4ccccc4)OCc4ccccc4)cc3)C2=O)c(Cl)c1OC. The van der Waals surface area contributed by atoms with E-state index in [0.717, 1.165) is 29.7 Å². The number of amides is 5. The zero-order valence-corrected chi connectivity index (χ0v) is 49.4. The van der Waals surface area contributed by atoms with E-state index in [2.05, 4.69) is 24.5 Å². The molecule has 82 heavy (non-hydrogen) atoms. The summed E-state index contributed by atoms with van der Waals surface area (Å²) in [5, 5.41) is 5.41. The van der Waals surface area contributed by atoms with Gasteiger partial charge in [0.1, 0.15) is 38.7 Å². The molecule has 2 N–H and O–H groups in total. The maximum atomic E-state index is 15.8. The Bertz CT molecular complexity index is 3350. The van der Waals surface area contributed by atoms with Gasteiger partial charge >= 0.3 is 32.7 Å². The fourth-order valence-electron chi connectivity index (χ4n) is 11.4. The molecule has 0 aromatic heterocycles. The Hall–Kier alpha value is -6.52. The van der Waals surface area contributed by atoms with Gasteiger partial charge in [-0.1, -0.05) is 104 Å². The summed E-state index contributed by atoms with van der Waals surface area (Å²) < 4.78 is 107. The normalized spacial score (nSPS) is 21.0. The van der Waals surface area contributed by atoms with Crippen molar-refractivity contribution in [1.29, 1.82) is 0 Å². The number of methoxy groups -OCH3 is 3. The Morgan fingerprint density at radius 3 is 2.02 bits per heavy atom. The number of sulfonamides is 1. The molecule has 3 aliphatic carbocycles. The molecule has 2 bridgehead atoms. The fourth-order valence-corrected chi connectivity index (χ4v) is 14.9. The summed E-state index contributed by atoms with van der Waals surface area (Å²) >= 11 is 6.52. The van der Waals surface area contributed by atoms with Crippen molar-refractivity contribution in [1.82, 2.24) is 19.8 Å². The molecule has 5 aromatic carbocycles. The molecule has 5 aromatic rings. The lowest BCUT2D eigenvalue weighted by atomic mass is 9.43. The molecule has 24 heteroatoms. The molecular weight excluding hydrogens is 1120 g/mol. The summed E-state index contributed by atoms with van der Waals surface area (Å²) in [4.78, 5) is 58.0. The van der Waals surface area contributed by atoms with Crippen LogP contribution in [0.25, 0.3) is 0 Å². The highest BCUT2D eigenvalue weighted by Gasteiger charge is 2.68. The van der Waals surface area contributed by atoms with E-state index < -0.39 is 101 Å². The third-order valence-corrected chi connectivity index (χ3v) is 20.0. The van der Waals surface area contributed by atoms with Crippen molar-refractivity contribution in [3.63, 3.8) is 0 Å². The van der Waals surface area contributed by atoms with Crippen molar-refractivity contribution in [3.8, 4) is 17.2 Å². The summed E-state index contributed by atoms with van der Waals surface area (Å²) in [6.45, 7) is 10.2. The van der Waals surface area contributed by atoms with Crippen molar-refractivity contribution in [2.45, 2.75) is 108 Å². The van der Waals surface area contributed by atoms with Crippen molar-refractivity contribution >= 4 is 65.6 Å². The Kier molecular flexibility index (Phi) is 17.3. The minimum absolute atomic E-state index is 0.0783. The monoisotopic (exact) mass is 1190 g/mol. The Balaban J connectivity index is 1.08. The minimum Gasteiger partial charge on any atom is -0.495 e. The lowest BCUT2D eigenvalue weighted by molar-refractivity contribution is -0.199. The first-order valence-electron chi connectivity index (χ1n) is 26.7. The maximum Gasteiger partial charge on any atom is 0.482 e. The van der Waals surface area contributed by atoms with E-state index in [9.17, 15) is 27.4 Å². The van der Waals surface area contributed by atoms with Gasteiger partial charge in [0, 0.05) is 0 Å². The highest BCUT2D eigenvalue weighted by atomic mass is 35.5. The van der Waals surface area contributed by atoms with Crippen LogP contribution < -0.4 is 30.1 Å². The third kappa shape index (κ3) is 11.9. The first-order chi connectivity index (χ1) is 38.8. The van der Waals surface area contributed by atoms with E-state index in [1.807, 2.05) is 43.3 Å². The van der Waals surface area contributed by atoms with Crippen LogP contribution in [0, 0.1) is 23.1 Å². The van der Waals surface area contributed by atoms with Crippen LogP contribution in [-0.2, 0) is 62.1 Å². The second kappa shape index (κ2) is 23.6. The lowest BCUT2D eigenvalue weighted by Crippen LogP contribution is -2.65. The highest BCUT2D eigenvalue weighted by molar-refractivity contribution is 7.89. The number of benzene rings is 5. The van der Waals surface area contributed by atoms with Gasteiger partial charge in [0.2, 0.25) is 5.91 Å². The molecule has 2 aliphatic heterocycles. The van der Waals surface area contributed by atoms with Gasteiger partial charge in [-0.25, -0.2) is 36.4 Å². The quantitative estimate of drug-likeness (QED) is 0.0420. The number of carbonyl (C=O) groups excluding carboxylic acids is 4. The number of nitrogens with zero attached hydrogens (tertiary/aromatic N) is 2. The summed E-state index contributed by atoms with van der Waals surface area (Å²) in [6, 6.07) is 24.7. The zero-order valence-electron chi connectivity index (χ0n) is 46.9. The largest absolute Gasteiger partial charge is 0.495 e. The summed E-state index contributed by atoms with van der Waals surface area (Å²) in [7, 11) is -6.19. The molecule has 2 heterocycles. The van der Waals surface area contributed by atoms with Gasteiger partial charge in [-0.05, 0) is 117 Å². The van der Waals surface area contributed by atoms with Gasteiger partial charge in [0.15, 0.2) is 11.5 Å². The molecule has 2 saturated heterocycles. The van der Waals surface area contributed by atoms with E-state index in [4.69, 9.17) is 48.9 Å². The van der Waals surface area contributed by atoms with Crippen LogP contribution in [0.3, 0.4) is 0 Å². The molecule has 436 valence electrons. The second-order valence-corrected chi connectivity index (χ2v) is 26.6. The number of ether oxygens (including phenoxy) is 4. The number of imide groups is 1. The highest BCUT2D eigenvalue weighted by Crippen LogP contribution is 2.66. The van der Waals surface area contributed by atoms with Gasteiger partial charge in [0.05, 0.1) is 70.6 Å². The van der Waals surface area contributed by atoms with Crippen LogP contribution in [0.2, 0.25) is 5.02 Å². The molecule has 5 aliphatic rings. The Morgan fingerprint density at radius 1 is 0.829 bits per heavy atom. The average Bonchev–Trinajstić information content (AvgIpc) is 2.59.